The maximum absolute atomic E-state index is 12.7. The van der Waals surface area contributed by atoms with Crippen molar-refractivity contribution in [2.24, 2.45) is 0 Å². The number of thioether (sulfide) groups is 1. The van der Waals surface area contributed by atoms with Gasteiger partial charge in [-0.2, -0.15) is 0 Å². The fourth-order valence-corrected chi connectivity index (χ4v) is 5.93. The molecule has 0 aromatic heterocycles. The van der Waals surface area contributed by atoms with Crippen molar-refractivity contribution < 1.29 is 13.2 Å². The molecular weight excluding hydrogens is 334 g/mol. The predicted molar refractivity (Wildman–Crippen MR) is 95.8 cm³/mol. The van der Waals surface area contributed by atoms with Crippen molar-refractivity contribution in [2.45, 2.75) is 38.4 Å². The van der Waals surface area contributed by atoms with Gasteiger partial charge >= 0.3 is 0 Å². The highest BCUT2D eigenvalue weighted by Gasteiger charge is 2.26. The van der Waals surface area contributed by atoms with E-state index in [1.165, 1.54) is 18.3 Å². The van der Waals surface area contributed by atoms with Crippen molar-refractivity contribution in [1.82, 2.24) is 4.31 Å². The number of aryl methyl sites for hydroxylation is 1. The van der Waals surface area contributed by atoms with Crippen molar-refractivity contribution in [3.63, 3.8) is 0 Å². The van der Waals surface area contributed by atoms with Gasteiger partial charge in [0.15, 0.2) is 5.12 Å². The van der Waals surface area contributed by atoms with E-state index < -0.39 is 18.1 Å². The Morgan fingerprint density at radius 2 is 1.68 bits per heavy atom. The molecule has 0 saturated carbocycles. The van der Waals surface area contributed by atoms with Gasteiger partial charge in [-0.3, -0.25) is 9.10 Å². The van der Waals surface area contributed by atoms with Crippen molar-refractivity contribution >= 4 is 35.0 Å². The zero-order valence-electron chi connectivity index (χ0n) is 13.9. The normalized spacial score (nSPS) is 13.1. The highest BCUT2D eigenvalue weighted by molar-refractivity contribution is 8.17. The van der Waals surface area contributed by atoms with E-state index in [0.717, 1.165) is 17.3 Å². The molecule has 0 radical (unpaired) electrons. The first-order valence-corrected chi connectivity index (χ1v) is 12.7. The number of rotatable bonds is 5. The molecule has 1 aromatic rings. The molecule has 122 valence electrons. The highest BCUT2D eigenvalue weighted by Crippen LogP contribution is 2.28. The molecule has 0 saturated heterocycles. The number of carbonyl (C=O) groups excluding carboxylic acids is 1. The predicted octanol–water partition coefficient (Wildman–Crippen LogP) is 3.61. The Labute approximate surface area is 138 Å². The van der Waals surface area contributed by atoms with Crippen molar-refractivity contribution in [2.75, 3.05) is 7.05 Å². The number of hydrogen-bond donors (Lipinski definition) is 0. The van der Waals surface area contributed by atoms with E-state index in [-0.39, 0.29) is 10.0 Å². The lowest BCUT2D eigenvalue weighted by molar-refractivity contribution is -0.109. The number of nitrogens with zero attached hydrogens (tertiary/aromatic N) is 1. The molecule has 0 spiro atoms. The van der Waals surface area contributed by atoms with Gasteiger partial charge in [-0.15, -0.1) is 0 Å². The second kappa shape index (κ2) is 7.02. The maximum Gasteiger partial charge on any atom is 0.264 e. The topological polar surface area (TPSA) is 54.5 Å². The standard InChI is InChI=1S/C15H23NO3S2Si/c1-12-7-9-14(10-8-12)21(18,19)16(3)15(20-13(2)17)11-22(4,5)6/h7-11H,1-6H3/b15-11+. The van der Waals surface area contributed by atoms with E-state index in [2.05, 4.69) is 19.6 Å². The first kappa shape index (κ1) is 19.0. The first-order chi connectivity index (χ1) is 9.93. The molecule has 0 aliphatic carbocycles. The molecule has 0 unspecified atom stereocenters. The summed E-state index contributed by atoms with van der Waals surface area (Å²) in [5, 5.41) is 0.350. The van der Waals surface area contributed by atoms with Gasteiger partial charge in [0.05, 0.1) is 18.0 Å². The zero-order valence-corrected chi connectivity index (χ0v) is 16.5. The third-order valence-electron chi connectivity index (χ3n) is 2.79. The molecule has 1 aromatic carbocycles. The Hall–Kier alpha value is -1.05. The fourth-order valence-electron chi connectivity index (χ4n) is 1.69. The number of hydrogen-bond acceptors (Lipinski definition) is 4. The average Bonchev–Trinajstić information content (AvgIpc) is 2.35. The van der Waals surface area contributed by atoms with Gasteiger partial charge in [0, 0.05) is 14.0 Å². The minimum Gasteiger partial charge on any atom is -0.287 e. The van der Waals surface area contributed by atoms with E-state index in [1.54, 1.807) is 24.3 Å². The van der Waals surface area contributed by atoms with E-state index >= 15 is 0 Å². The molecule has 0 atom stereocenters. The molecule has 22 heavy (non-hydrogen) atoms. The molecule has 0 heterocycles. The lowest BCUT2D eigenvalue weighted by Crippen LogP contribution is -2.28. The molecule has 0 aliphatic rings. The molecule has 1 rings (SSSR count). The molecule has 0 fully saturated rings. The van der Waals surface area contributed by atoms with Crippen LogP contribution < -0.4 is 0 Å². The fraction of sp³-hybridized carbons (Fsp3) is 0.400. The van der Waals surface area contributed by atoms with Crippen LogP contribution in [0.2, 0.25) is 19.6 Å². The Morgan fingerprint density at radius 1 is 1.18 bits per heavy atom. The second-order valence-corrected chi connectivity index (χ2v) is 14.4. The third kappa shape index (κ3) is 5.30. The van der Waals surface area contributed by atoms with Gasteiger partial charge in [-0.05, 0) is 30.8 Å². The van der Waals surface area contributed by atoms with E-state index in [9.17, 15) is 13.2 Å². The van der Waals surface area contributed by atoms with Gasteiger partial charge in [-0.1, -0.05) is 43.0 Å². The highest BCUT2D eigenvalue weighted by atomic mass is 32.2. The molecule has 4 nitrogen and oxygen atoms in total. The molecule has 0 bridgehead atoms. The summed E-state index contributed by atoms with van der Waals surface area (Å²) in [7, 11) is -3.84. The number of sulfonamides is 1. The van der Waals surface area contributed by atoms with Crippen LogP contribution in [0.3, 0.4) is 0 Å². The van der Waals surface area contributed by atoms with Crippen LogP contribution in [0.1, 0.15) is 12.5 Å². The van der Waals surface area contributed by atoms with E-state index in [4.69, 9.17) is 0 Å². The van der Waals surface area contributed by atoms with Crippen LogP contribution in [-0.2, 0) is 14.8 Å². The summed E-state index contributed by atoms with van der Waals surface area (Å²) in [6.07, 6.45) is 0. The van der Waals surface area contributed by atoms with Crippen LogP contribution in [0.25, 0.3) is 0 Å². The summed E-state index contributed by atoms with van der Waals surface area (Å²) >= 11 is 0.963. The molecule has 0 N–H and O–H groups in total. The first-order valence-electron chi connectivity index (χ1n) is 6.90. The molecular formula is C15H23NO3S2Si. The Balaban J connectivity index is 3.28. The van der Waals surface area contributed by atoms with Crippen molar-refractivity contribution in [3.05, 3.63) is 40.6 Å². The molecule has 0 aliphatic heterocycles. The smallest absolute Gasteiger partial charge is 0.264 e. The van der Waals surface area contributed by atoms with Gasteiger partial charge in [-0.25, -0.2) is 8.42 Å². The largest absolute Gasteiger partial charge is 0.287 e. The SMILES string of the molecule is CC(=O)S/C(=C/[Si](C)(C)C)N(C)S(=O)(=O)c1ccc(C)cc1. The summed E-state index contributed by atoms with van der Waals surface area (Å²) in [5.74, 6) is 0. The maximum atomic E-state index is 12.7. The summed E-state index contributed by atoms with van der Waals surface area (Å²) in [6, 6.07) is 6.71. The van der Waals surface area contributed by atoms with Crippen molar-refractivity contribution in [3.8, 4) is 0 Å². The van der Waals surface area contributed by atoms with E-state index in [0.29, 0.717) is 5.03 Å². The van der Waals surface area contributed by atoms with E-state index in [1.807, 2.05) is 12.6 Å². The average molecular weight is 358 g/mol. The number of benzene rings is 1. The Morgan fingerprint density at radius 3 is 2.09 bits per heavy atom. The van der Waals surface area contributed by atoms with Crippen LogP contribution in [0.4, 0.5) is 0 Å². The van der Waals surface area contributed by atoms with Gasteiger partial charge in [0.2, 0.25) is 0 Å². The Bertz CT molecular complexity index is 674. The molecule has 7 heteroatoms. The van der Waals surface area contributed by atoms with Gasteiger partial charge in [0.25, 0.3) is 10.0 Å². The summed E-state index contributed by atoms with van der Waals surface area (Å²) in [4.78, 5) is 11.7. The van der Waals surface area contributed by atoms with Gasteiger partial charge in [0.1, 0.15) is 0 Å². The monoisotopic (exact) mass is 357 g/mol. The Kier molecular flexibility index (Phi) is 6.06. The van der Waals surface area contributed by atoms with Crippen LogP contribution in [0.15, 0.2) is 39.9 Å². The summed E-state index contributed by atoms with van der Waals surface area (Å²) < 4.78 is 26.7. The minimum atomic E-state index is -3.66. The van der Waals surface area contributed by atoms with Gasteiger partial charge < -0.3 is 0 Å². The minimum absolute atomic E-state index is 0.129. The summed E-state index contributed by atoms with van der Waals surface area (Å²) in [6.45, 7) is 9.64. The quantitative estimate of drug-likeness (QED) is 0.755. The lowest BCUT2D eigenvalue weighted by atomic mass is 10.2. The molecule has 0 amide bonds. The third-order valence-corrected chi connectivity index (χ3v) is 6.93. The van der Waals surface area contributed by atoms with Crippen LogP contribution >= 0.6 is 11.8 Å². The summed E-state index contributed by atoms with van der Waals surface area (Å²) in [5.41, 5.74) is 2.93. The van der Waals surface area contributed by atoms with Crippen LogP contribution in [0, 0.1) is 6.92 Å². The van der Waals surface area contributed by atoms with Crippen molar-refractivity contribution in [1.29, 1.82) is 0 Å². The van der Waals surface area contributed by atoms with Crippen LogP contribution in [0.5, 0.6) is 0 Å². The zero-order chi connectivity index (χ0) is 17.1. The lowest BCUT2D eigenvalue weighted by Gasteiger charge is -2.24. The second-order valence-electron chi connectivity index (χ2n) is 6.23. The van der Waals surface area contributed by atoms with Crippen LogP contribution in [-0.4, -0.2) is 33.0 Å². The number of carbonyl (C=O) groups is 1.